The second kappa shape index (κ2) is 7.89. The van der Waals surface area contributed by atoms with E-state index in [1.807, 2.05) is 24.3 Å². The van der Waals surface area contributed by atoms with Crippen LogP contribution in [0.15, 0.2) is 76.5 Å². The van der Waals surface area contributed by atoms with E-state index in [9.17, 15) is 13.8 Å². The first kappa shape index (κ1) is 18.9. The van der Waals surface area contributed by atoms with Crippen molar-refractivity contribution >= 4 is 28.3 Å². The first-order chi connectivity index (χ1) is 14.1. The van der Waals surface area contributed by atoms with Crippen molar-refractivity contribution < 1.29 is 18.5 Å². The average Bonchev–Trinajstić information content (AvgIpc) is 2.87. The quantitative estimate of drug-likeness (QED) is 0.696. The number of fused-ring (bicyclic) bond motifs is 2. The highest BCUT2D eigenvalue weighted by Gasteiger charge is 2.25. The zero-order valence-corrected chi connectivity index (χ0v) is 16.4. The van der Waals surface area contributed by atoms with Gasteiger partial charge in [0.15, 0.2) is 0 Å². The third kappa shape index (κ3) is 3.77. The Morgan fingerprint density at radius 3 is 2.55 bits per heavy atom. The fourth-order valence-electron chi connectivity index (χ4n) is 3.08. The molecule has 0 fully saturated rings. The minimum absolute atomic E-state index is 0.287. The molecule has 3 aromatic carbocycles. The predicted molar refractivity (Wildman–Crippen MR) is 110 cm³/mol. The van der Waals surface area contributed by atoms with Gasteiger partial charge in [0.1, 0.15) is 5.75 Å². The molecule has 7 heteroatoms. The number of ether oxygens (including phenoxy) is 1. The van der Waals surface area contributed by atoms with Crippen molar-refractivity contribution in [3.8, 4) is 5.75 Å². The van der Waals surface area contributed by atoms with Crippen LogP contribution in [0.25, 0.3) is 0 Å². The van der Waals surface area contributed by atoms with Crippen LogP contribution in [-0.2, 0) is 17.3 Å². The largest absolute Gasteiger partial charge is 0.497 e. The van der Waals surface area contributed by atoms with Gasteiger partial charge in [-0.3, -0.25) is 9.59 Å². The minimum Gasteiger partial charge on any atom is -0.497 e. The Hall–Kier alpha value is -3.45. The van der Waals surface area contributed by atoms with Crippen LogP contribution in [0.5, 0.6) is 5.75 Å². The standard InChI is InChI=1S/C22H18N2O4S/c1-28-16-9-6-14(7-10-16)13-23-21(25)15-8-11-20-18(12-15)24-22(26)17-4-2-3-5-19(17)29(20)27/h2-12H,13H2,1H3,(H,23,25)(H,24,26). The molecule has 4 rings (SSSR count). The van der Waals surface area contributed by atoms with Crippen molar-refractivity contribution in [2.75, 3.05) is 12.4 Å². The van der Waals surface area contributed by atoms with Crippen LogP contribution >= 0.6 is 0 Å². The Balaban J connectivity index is 1.55. The van der Waals surface area contributed by atoms with Crippen molar-refractivity contribution in [2.45, 2.75) is 16.3 Å². The first-order valence-corrected chi connectivity index (χ1v) is 10.1. The Kier molecular flexibility index (Phi) is 5.14. The molecule has 2 N–H and O–H groups in total. The number of methoxy groups -OCH3 is 1. The summed E-state index contributed by atoms with van der Waals surface area (Å²) in [5.41, 5.74) is 2.05. The lowest BCUT2D eigenvalue weighted by Crippen LogP contribution is -2.23. The van der Waals surface area contributed by atoms with E-state index in [-0.39, 0.29) is 11.8 Å². The number of carbonyl (C=O) groups is 2. The van der Waals surface area contributed by atoms with E-state index in [0.29, 0.717) is 33.2 Å². The van der Waals surface area contributed by atoms with Crippen LogP contribution in [-0.4, -0.2) is 23.1 Å². The molecule has 0 spiro atoms. The Bertz CT molecular complexity index is 1130. The van der Waals surface area contributed by atoms with Crippen LogP contribution in [0.2, 0.25) is 0 Å². The molecule has 29 heavy (non-hydrogen) atoms. The van der Waals surface area contributed by atoms with Crippen molar-refractivity contribution in [1.29, 1.82) is 0 Å². The van der Waals surface area contributed by atoms with Gasteiger partial charge in [-0.05, 0) is 48.0 Å². The molecule has 3 aromatic rings. The Labute approximate surface area is 170 Å². The number of rotatable bonds is 4. The van der Waals surface area contributed by atoms with E-state index in [1.165, 1.54) is 0 Å². The smallest absolute Gasteiger partial charge is 0.256 e. The fourth-order valence-corrected chi connectivity index (χ4v) is 4.38. The molecular weight excluding hydrogens is 388 g/mol. The summed E-state index contributed by atoms with van der Waals surface area (Å²) in [6.45, 7) is 0.351. The molecule has 0 bridgehead atoms. The maximum atomic E-state index is 12.9. The molecule has 0 saturated carbocycles. The highest BCUT2D eigenvalue weighted by atomic mass is 32.2. The van der Waals surface area contributed by atoms with E-state index in [1.54, 1.807) is 49.6 Å². The maximum Gasteiger partial charge on any atom is 0.256 e. The van der Waals surface area contributed by atoms with Gasteiger partial charge in [0, 0.05) is 12.1 Å². The number of anilines is 1. The zero-order chi connectivity index (χ0) is 20.4. The van der Waals surface area contributed by atoms with Crippen LogP contribution in [0, 0.1) is 0 Å². The van der Waals surface area contributed by atoms with Gasteiger partial charge in [-0.1, -0.05) is 24.3 Å². The van der Waals surface area contributed by atoms with Gasteiger partial charge in [-0.2, -0.15) is 0 Å². The lowest BCUT2D eigenvalue weighted by Gasteiger charge is -2.10. The third-order valence-electron chi connectivity index (χ3n) is 4.63. The van der Waals surface area contributed by atoms with Gasteiger partial charge in [0.25, 0.3) is 11.8 Å². The fraction of sp³-hybridized carbons (Fsp3) is 0.0909. The summed E-state index contributed by atoms with van der Waals surface area (Å²) in [4.78, 5) is 26.0. The third-order valence-corrected chi connectivity index (χ3v) is 6.14. The number of hydrogen-bond acceptors (Lipinski definition) is 4. The number of nitrogens with one attached hydrogen (secondary N) is 2. The maximum absolute atomic E-state index is 12.9. The van der Waals surface area contributed by atoms with E-state index in [4.69, 9.17) is 4.74 Å². The molecule has 2 amide bonds. The summed E-state index contributed by atoms with van der Waals surface area (Å²) in [5, 5.41) is 5.61. The molecule has 0 aliphatic carbocycles. The summed E-state index contributed by atoms with van der Waals surface area (Å²) in [6.07, 6.45) is 0. The summed E-state index contributed by atoms with van der Waals surface area (Å²) >= 11 is 0. The summed E-state index contributed by atoms with van der Waals surface area (Å²) in [5.74, 6) is 0.115. The van der Waals surface area contributed by atoms with Crippen LogP contribution in [0.3, 0.4) is 0 Å². The number of carbonyl (C=O) groups excluding carboxylic acids is 2. The molecular formula is C22H18N2O4S. The molecule has 146 valence electrons. The Morgan fingerprint density at radius 1 is 1.03 bits per heavy atom. The second-order valence-electron chi connectivity index (χ2n) is 6.46. The highest BCUT2D eigenvalue weighted by molar-refractivity contribution is 7.85. The zero-order valence-electron chi connectivity index (χ0n) is 15.6. The van der Waals surface area contributed by atoms with E-state index in [0.717, 1.165) is 11.3 Å². The highest BCUT2D eigenvalue weighted by Crippen LogP contribution is 2.31. The van der Waals surface area contributed by atoms with Crippen molar-refractivity contribution in [3.63, 3.8) is 0 Å². The van der Waals surface area contributed by atoms with Crippen molar-refractivity contribution in [1.82, 2.24) is 5.32 Å². The molecule has 1 unspecified atom stereocenters. The normalized spacial score (nSPS) is 14.8. The van der Waals surface area contributed by atoms with Gasteiger partial charge in [0.05, 0.1) is 39.0 Å². The van der Waals surface area contributed by atoms with Crippen LogP contribution < -0.4 is 15.4 Å². The van der Waals surface area contributed by atoms with Gasteiger partial charge < -0.3 is 15.4 Å². The molecule has 1 atom stereocenters. The summed E-state index contributed by atoms with van der Waals surface area (Å²) < 4.78 is 18.0. The van der Waals surface area contributed by atoms with Crippen LogP contribution in [0.1, 0.15) is 26.3 Å². The molecule has 0 aromatic heterocycles. The molecule has 1 aliphatic rings. The van der Waals surface area contributed by atoms with Gasteiger partial charge in [-0.25, -0.2) is 4.21 Å². The van der Waals surface area contributed by atoms with E-state index < -0.39 is 10.8 Å². The topological polar surface area (TPSA) is 84.5 Å². The van der Waals surface area contributed by atoms with Crippen molar-refractivity contribution in [3.05, 3.63) is 83.4 Å². The average molecular weight is 406 g/mol. The van der Waals surface area contributed by atoms with Crippen LogP contribution in [0.4, 0.5) is 5.69 Å². The first-order valence-electron chi connectivity index (χ1n) is 8.94. The lowest BCUT2D eigenvalue weighted by molar-refractivity contribution is 0.0949. The van der Waals surface area contributed by atoms with E-state index in [2.05, 4.69) is 10.6 Å². The summed E-state index contributed by atoms with van der Waals surface area (Å²) in [6, 6.07) is 19.0. The van der Waals surface area contributed by atoms with Gasteiger partial charge >= 0.3 is 0 Å². The predicted octanol–water partition coefficient (Wildman–Crippen LogP) is 3.36. The van der Waals surface area contributed by atoms with Gasteiger partial charge in [0.2, 0.25) is 0 Å². The molecule has 6 nitrogen and oxygen atoms in total. The monoisotopic (exact) mass is 406 g/mol. The van der Waals surface area contributed by atoms with E-state index >= 15 is 0 Å². The molecule has 1 heterocycles. The molecule has 0 saturated heterocycles. The number of benzene rings is 3. The molecule has 1 aliphatic heterocycles. The molecule has 0 radical (unpaired) electrons. The Morgan fingerprint density at radius 2 is 1.79 bits per heavy atom. The number of hydrogen-bond donors (Lipinski definition) is 2. The summed E-state index contributed by atoms with van der Waals surface area (Å²) in [7, 11) is 0.0834. The minimum atomic E-state index is -1.51. The SMILES string of the molecule is COc1ccc(CNC(=O)c2ccc3c(c2)NC(=O)c2ccccc2S3=O)cc1. The lowest BCUT2D eigenvalue weighted by atomic mass is 10.1. The second-order valence-corrected chi connectivity index (χ2v) is 7.88. The van der Waals surface area contributed by atoms with Gasteiger partial charge in [-0.15, -0.1) is 0 Å². The number of amides is 2. The van der Waals surface area contributed by atoms with Crippen molar-refractivity contribution in [2.24, 2.45) is 0 Å².